The van der Waals surface area contributed by atoms with E-state index >= 15 is 0 Å². The number of piperazine rings is 1. The van der Waals surface area contributed by atoms with Gasteiger partial charge in [0.25, 0.3) is 0 Å². The molecule has 1 aromatic rings. The van der Waals surface area contributed by atoms with E-state index in [1.807, 2.05) is 4.90 Å². The van der Waals surface area contributed by atoms with Gasteiger partial charge in [-0.2, -0.15) is 0 Å². The molecule has 1 aromatic carbocycles. The molecule has 1 amide bonds. The van der Waals surface area contributed by atoms with Crippen LogP contribution < -0.4 is 5.73 Å². The summed E-state index contributed by atoms with van der Waals surface area (Å²) in [6.07, 6.45) is 0.950. The van der Waals surface area contributed by atoms with Crippen LogP contribution in [0.25, 0.3) is 0 Å². The van der Waals surface area contributed by atoms with Crippen molar-refractivity contribution < 1.29 is 4.79 Å². The molecule has 2 rings (SSSR count). The molecule has 0 radical (unpaired) electrons. The predicted octanol–water partition coefficient (Wildman–Crippen LogP) is 1.94. The molecule has 1 fully saturated rings. The van der Waals surface area contributed by atoms with Gasteiger partial charge < -0.3 is 10.6 Å². The lowest BCUT2D eigenvalue weighted by Crippen LogP contribution is -2.52. The van der Waals surface area contributed by atoms with Crippen molar-refractivity contribution in [3.63, 3.8) is 0 Å². The van der Waals surface area contributed by atoms with Crippen molar-refractivity contribution in [2.75, 3.05) is 26.2 Å². The van der Waals surface area contributed by atoms with Gasteiger partial charge >= 0.3 is 0 Å². The number of hydrogen-bond acceptors (Lipinski definition) is 3. The number of rotatable bonds is 4. The number of nitrogens with zero attached hydrogens (tertiary/aromatic N) is 2. The van der Waals surface area contributed by atoms with Gasteiger partial charge in [-0.25, -0.2) is 0 Å². The Kier molecular flexibility index (Phi) is 5.37. The Morgan fingerprint density at radius 3 is 2.48 bits per heavy atom. The van der Waals surface area contributed by atoms with Crippen LogP contribution in [0.2, 0.25) is 0 Å². The van der Waals surface area contributed by atoms with Crippen molar-refractivity contribution >= 4 is 5.91 Å². The number of aryl methyl sites for hydroxylation is 1. The first-order valence-electron chi connectivity index (χ1n) is 7.84. The van der Waals surface area contributed by atoms with E-state index in [-0.39, 0.29) is 18.0 Å². The third-order valence-corrected chi connectivity index (χ3v) is 4.41. The second-order valence-electron chi connectivity index (χ2n) is 5.97. The minimum atomic E-state index is 0.121. The minimum Gasteiger partial charge on any atom is -0.340 e. The molecular weight excluding hydrogens is 262 g/mol. The third kappa shape index (κ3) is 3.83. The summed E-state index contributed by atoms with van der Waals surface area (Å²) in [6.45, 7) is 9.29. The largest absolute Gasteiger partial charge is 0.340 e. The monoisotopic (exact) mass is 289 g/mol. The summed E-state index contributed by atoms with van der Waals surface area (Å²) in [7, 11) is 0. The maximum atomic E-state index is 11.5. The SMILES string of the molecule is CCC(N)C(c1cccc(C)c1)N1CCN(C(C)=O)CC1. The Labute approximate surface area is 127 Å². The molecule has 2 N–H and O–H groups in total. The van der Waals surface area contributed by atoms with Crippen LogP contribution in [0.1, 0.15) is 37.4 Å². The fourth-order valence-corrected chi connectivity index (χ4v) is 3.12. The zero-order valence-corrected chi connectivity index (χ0v) is 13.4. The van der Waals surface area contributed by atoms with E-state index in [0.29, 0.717) is 0 Å². The molecule has 1 heterocycles. The fourth-order valence-electron chi connectivity index (χ4n) is 3.12. The maximum absolute atomic E-state index is 11.5. The summed E-state index contributed by atoms with van der Waals surface area (Å²) in [5.41, 5.74) is 8.96. The van der Waals surface area contributed by atoms with E-state index in [4.69, 9.17) is 5.73 Å². The molecule has 4 heteroatoms. The molecule has 4 nitrogen and oxygen atoms in total. The molecule has 0 aliphatic carbocycles. The highest BCUT2D eigenvalue weighted by Gasteiger charge is 2.29. The number of hydrogen-bond donors (Lipinski definition) is 1. The van der Waals surface area contributed by atoms with Gasteiger partial charge in [0.2, 0.25) is 5.91 Å². The summed E-state index contributed by atoms with van der Waals surface area (Å²) >= 11 is 0. The van der Waals surface area contributed by atoms with Gasteiger partial charge in [-0.15, -0.1) is 0 Å². The molecule has 21 heavy (non-hydrogen) atoms. The molecular formula is C17H27N3O. The molecule has 116 valence electrons. The predicted molar refractivity (Wildman–Crippen MR) is 86.0 cm³/mol. The Bertz CT molecular complexity index is 481. The topological polar surface area (TPSA) is 49.6 Å². The van der Waals surface area contributed by atoms with Gasteiger partial charge in [0.1, 0.15) is 0 Å². The summed E-state index contributed by atoms with van der Waals surface area (Å²) < 4.78 is 0. The summed E-state index contributed by atoms with van der Waals surface area (Å²) in [5.74, 6) is 0.168. The zero-order chi connectivity index (χ0) is 15.4. The number of amides is 1. The van der Waals surface area contributed by atoms with Gasteiger partial charge in [0.15, 0.2) is 0 Å². The fraction of sp³-hybridized carbons (Fsp3) is 0.588. The molecule has 1 saturated heterocycles. The van der Waals surface area contributed by atoms with Gasteiger partial charge in [-0.1, -0.05) is 36.8 Å². The van der Waals surface area contributed by atoms with E-state index in [1.54, 1.807) is 6.92 Å². The first kappa shape index (κ1) is 16.0. The van der Waals surface area contributed by atoms with Crippen LogP contribution in [-0.4, -0.2) is 47.9 Å². The Morgan fingerprint density at radius 1 is 1.29 bits per heavy atom. The standard InChI is InChI=1S/C17H27N3O/c1-4-16(18)17(15-7-5-6-13(2)12-15)20-10-8-19(9-11-20)14(3)21/h5-7,12,16-17H,4,8-11,18H2,1-3H3. The second kappa shape index (κ2) is 7.05. The summed E-state index contributed by atoms with van der Waals surface area (Å²) in [6, 6.07) is 8.99. The third-order valence-electron chi connectivity index (χ3n) is 4.41. The summed E-state index contributed by atoms with van der Waals surface area (Å²) in [5, 5.41) is 0. The van der Waals surface area contributed by atoms with Crippen molar-refractivity contribution in [2.24, 2.45) is 5.73 Å². The van der Waals surface area contributed by atoms with Crippen molar-refractivity contribution in [3.05, 3.63) is 35.4 Å². The highest BCUT2D eigenvalue weighted by Crippen LogP contribution is 2.27. The van der Waals surface area contributed by atoms with Gasteiger partial charge in [0, 0.05) is 39.1 Å². The van der Waals surface area contributed by atoms with Gasteiger partial charge in [-0.3, -0.25) is 9.69 Å². The van der Waals surface area contributed by atoms with Gasteiger partial charge in [0.05, 0.1) is 6.04 Å². The number of benzene rings is 1. The summed E-state index contributed by atoms with van der Waals surface area (Å²) in [4.78, 5) is 15.8. The van der Waals surface area contributed by atoms with Crippen LogP contribution >= 0.6 is 0 Å². The zero-order valence-electron chi connectivity index (χ0n) is 13.4. The maximum Gasteiger partial charge on any atom is 0.219 e. The average Bonchev–Trinajstić information content (AvgIpc) is 2.48. The van der Waals surface area contributed by atoms with Crippen molar-refractivity contribution in [3.8, 4) is 0 Å². The van der Waals surface area contributed by atoms with E-state index < -0.39 is 0 Å². The minimum absolute atomic E-state index is 0.121. The lowest BCUT2D eigenvalue weighted by Gasteiger charge is -2.41. The van der Waals surface area contributed by atoms with Crippen LogP contribution in [0.5, 0.6) is 0 Å². The van der Waals surface area contributed by atoms with Crippen molar-refractivity contribution in [1.82, 2.24) is 9.80 Å². The Hall–Kier alpha value is -1.39. The smallest absolute Gasteiger partial charge is 0.219 e. The van der Waals surface area contributed by atoms with Crippen LogP contribution in [0.4, 0.5) is 0 Å². The van der Waals surface area contributed by atoms with Crippen LogP contribution in [0.15, 0.2) is 24.3 Å². The molecule has 0 bridgehead atoms. The van der Waals surface area contributed by atoms with Crippen LogP contribution in [-0.2, 0) is 4.79 Å². The normalized spacial score (nSPS) is 19.3. The molecule has 2 atom stereocenters. The first-order valence-corrected chi connectivity index (χ1v) is 7.84. The van der Waals surface area contributed by atoms with E-state index in [1.165, 1.54) is 11.1 Å². The highest BCUT2D eigenvalue weighted by atomic mass is 16.2. The highest BCUT2D eigenvalue weighted by molar-refractivity contribution is 5.73. The quantitative estimate of drug-likeness (QED) is 0.921. The number of nitrogens with two attached hydrogens (primary N) is 1. The van der Waals surface area contributed by atoms with E-state index in [2.05, 4.69) is 43.0 Å². The van der Waals surface area contributed by atoms with Crippen LogP contribution in [0, 0.1) is 6.92 Å². The molecule has 0 saturated carbocycles. The number of carbonyl (C=O) groups is 1. The Balaban J connectivity index is 2.16. The molecule has 0 aromatic heterocycles. The van der Waals surface area contributed by atoms with Gasteiger partial charge in [-0.05, 0) is 18.9 Å². The molecule has 2 unspecified atom stereocenters. The average molecular weight is 289 g/mol. The van der Waals surface area contributed by atoms with Crippen LogP contribution in [0.3, 0.4) is 0 Å². The lowest BCUT2D eigenvalue weighted by molar-refractivity contribution is -0.130. The lowest BCUT2D eigenvalue weighted by atomic mass is 9.94. The molecule has 1 aliphatic heterocycles. The first-order chi connectivity index (χ1) is 10.0. The Morgan fingerprint density at radius 2 is 1.95 bits per heavy atom. The van der Waals surface area contributed by atoms with E-state index in [0.717, 1.165) is 32.6 Å². The molecule has 0 spiro atoms. The van der Waals surface area contributed by atoms with Crippen molar-refractivity contribution in [1.29, 1.82) is 0 Å². The number of carbonyl (C=O) groups excluding carboxylic acids is 1. The van der Waals surface area contributed by atoms with E-state index in [9.17, 15) is 4.79 Å². The second-order valence-corrected chi connectivity index (χ2v) is 5.97. The van der Waals surface area contributed by atoms with Crippen molar-refractivity contribution in [2.45, 2.75) is 39.3 Å². The molecule has 1 aliphatic rings.